The predicted octanol–water partition coefficient (Wildman–Crippen LogP) is 0.527. The van der Waals surface area contributed by atoms with Crippen LogP contribution in [-0.4, -0.2) is 40.3 Å². The van der Waals surface area contributed by atoms with Crippen molar-refractivity contribution in [3.05, 3.63) is 24.5 Å². The van der Waals surface area contributed by atoms with Crippen molar-refractivity contribution in [2.45, 2.75) is 13.0 Å². The molecule has 3 heterocycles. The molecule has 0 amide bonds. The fourth-order valence-corrected chi connectivity index (χ4v) is 2.12. The van der Waals surface area contributed by atoms with Gasteiger partial charge < -0.3 is 10.2 Å². The number of nitrogens with one attached hydrogen (secondary N) is 1. The zero-order chi connectivity index (χ0) is 11.0. The third-order valence-corrected chi connectivity index (χ3v) is 2.94. The van der Waals surface area contributed by atoms with E-state index >= 15 is 0 Å². The molecule has 5 heteroatoms. The zero-order valence-corrected chi connectivity index (χ0v) is 9.30. The van der Waals surface area contributed by atoms with Gasteiger partial charge >= 0.3 is 0 Å². The molecular formula is C11H15N5. The summed E-state index contributed by atoms with van der Waals surface area (Å²) in [4.78, 5) is 6.91. The molecule has 0 saturated carbocycles. The molecule has 1 saturated heterocycles. The second kappa shape index (κ2) is 3.75. The third-order valence-electron chi connectivity index (χ3n) is 2.94. The van der Waals surface area contributed by atoms with Crippen molar-refractivity contribution >= 4 is 11.5 Å². The lowest BCUT2D eigenvalue weighted by atomic mass is 10.2. The van der Waals surface area contributed by atoms with Crippen molar-refractivity contribution in [1.82, 2.24) is 19.9 Å². The van der Waals surface area contributed by atoms with Gasteiger partial charge in [-0.3, -0.25) is 0 Å². The number of aromatic nitrogens is 3. The van der Waals surface area contributed by atoms with Gasteiger partial charge in [-0.15, -0.1) is 0 Å². The summed E-state index contributed by atoms with van der Waals surface area (Å²) in [6, 6.07) is 4.48. The smallest absolute Gasteiger partial charge is 0.157 e. The van der Waals surface area contributed by atoms with Gasteiger partial charge in [0, 0.05) is 37.9 Å². The van der Waals surface area contributed by atoms with Crippen LogP contribution in [0, 0.1) is 0 Å². The SMILES string of the molecule is C[C@H]1CN(c2ccn3nccc3n2)CCN1. The van der Waals surface area contributed by atoms with Gasteiger partial charge in [-0.05, 0) is 13.0 Å². The van der Waals surface area contributed by atoms with Crippen molar-refractivity contribution in [1.29, 1.82) is 0 Å². The summed E-state index contributed by atoms with van der Waals surface area (Å²) in [7, 11) is 0. The second-order valence-electron chi connectivity index (χ2n) is 4.22. The Morgan fingerprint density at radius 2 is 2.38 bits per heavy atom. The molecule has 1 fully saturated rings. The third kappa shape index (κ3) is 1.63. The summed E-state index contributed by atoms with van der Waals surface area (Å²) in [6.45, 7) is 5.25. The van der Waals surface area contributed by atoms with Crippen LogP contribution in [0.25, 0.3) is 5.65 Å². The molecule has 84 valence electrons. The van der Waals surface area contributed by atoms with E-state index in [1.54, 1.807) is 10.7 Å². The number of fused-ring (bicyclic) bond motifs is 1. The van der Waals surface area contributed by atoms with Crippen molar-refractivity contribution in [2.75, 3.05) is 24.5 Å². The molecule has 1 atom stereocenters. The Kier molecular flexibility index (Phi) is 2.25. The number of nitrogens with zero attached hydrogens (tertiary/aromatic N) is 4. The minimum absolute atomic E-state index is 0.525. The van der Waals surface area contributed by atoms with Crippen LogP contribution in [0.3, 0.4) is 0 Å². The van der Waals surface area contributed by atoms with E-state index in [0.717, 1.165) is 31.1 Å². The van der Waals surface area contributed by atoms with Crippen molar-refractivity contribution in [2.24, 2.45) is 0 Å². The molecule has 0 aliphatic carbocycles. The molecule has 0 spiro atoms. The Balaban J connectivity index is 1.92. The van der Waals surface area contributed by atoms with Crippen LogP contribution < -0.4 is 10.2 Å². The van der Waals surface area contributed by atoms with Gasteiger partial charge in [0.15, 0.2) is 5.65 Å². The van der Waals surface area contributed by atoms with Crippen LogP contribution in [0.2, 0.25) is 0 Å². The first kappa shape index (κ1) is 9.59. The van der Waals surface area contributed by atoms with Crippen LogP contribution in [0.5, 0.6) is 0 Å². The average Bonchev–Trinajstić information content (AvgIpc) is 2.75. The van der Waals surface area contributed by atoms with E-state index in [-0.39, 0.29) is 0 Å². The summed E-state index contributed by atoms with van der Waals surface area (Å²) in [6.07, 6.45) is 3.73. The standard InChI is InChI=1S/C11H15N5/c1-9-8-15(7-5-12-9)10-3-6-16-11(14-10)2-4-13-16/h2-4,6,9,12H,5,7-8H2,1H3/t9-/m0/s1. The lowest BCUT2D eigenvalue weighted by Crippen LogP contribution is -2.49. The van der Waals surface area contributed by atoms with E-state index < -0.39 is 0 Å². The Hall–Kier alpha value is -1.62. The van der Waals surface area contributed by atoms with E-state index in [4.69, 9.17) is 0 Å². The molecule has 1 N–H and O–H groups in total. The number of piperazine rings is 1. The van der Waals surface area contributed by atoms with Gasteiger partial charge in [0.25, 0.3) is 0 Å². The van der Waals surface area contributed by atoms with Crippen molar-refractivity contribution in [3.63, 3.8) is 0 Å². The fraction of sp³-hybridized carbons (Fsp3) is 0.455. The second-order valence-corrected chi connectivity index (χ2v) is 4.22. The van der Waals surface area contributed by atoms with E-state index in [1.807, 2.05) is 18.3 Å². The molecule has 0 unspecified atom stereocenters. The molecule has 0 aromatic carbocycles. The molecular weight excluding hydrogens is 202 g/mol. The van der Waals surface area contributed by atoms with E-state index in [1.165, 1.54) is 0 Å². The average molecular weight is 217 g/mol. The summed E-state index contributed by atoms with van der Waals surface area (Å²) in [5.74, 6) is 1.04. The van der Waals surface area contributed by atoms with Gasteiger partial charge in [-0.1, -0.05) is 0 Å². The predicted molar refractivity (Wildman–Crippen MR) is 62.7 cm³/mol. The maximum absolute atomic E-state index is 4.59. The van der Waals surface area contributed by atoms with Gasteiger partial charge in [-0.25, -0.2) is 9.50 Å². The Morgan fingerprint density at radius 1 is 1.44 bits per heavy atom. The van der Waals surface area contributed by atoms with Gasteiger partial charge in [0.2, 0.25) is 0 Å². The maximum atomic E-state index is 4.59. The first-order valence-electron chi connectivity index (χ1n) is 5.62. The number of hydrogen-bond acceptors (Lipinski definition) is 4. The largest absolute Gasteiger partial charge is 0.354 e. The van der Waals surface area contributed by atoms with E-state index in [0.29, 0.717) is 6.04 Å². The highest BCUT2D eigenvalue weighted by atomic mass is 15.3. The van der Waals surface area contributed by atoms with E-state index in [9.17, 15) is 0 Å². The minimum atomic E-state index is 0.525. The highest BCUT2D eigenvalue weighted by Crippen LogP contribution is 2.13. The number of rotatable bonds is 1. The van der Waals surface area contributed by atoms with Gasteiger partial charge in [0.05, 0.1) is 6.20 Å². The number of hydrogen-bond donors (Lipinski definition) is 1. The van der Waals surface area contributed by atoms with Crippen LogP contribution in [0.4, 0.5) is 5.82 Å². The first-order valence-corrected chi connectivity index (χ1v) is 5.62. The van der Waals surface area contributed by atoms with Crippen molar-refractivity contribution in [3.8, 4) is 0 Å². The van der Waals surface area contributed by atoms with Gasteiger partial charge in [0.1, 0.15) is 5.82 Å². The molecule has 16 heavy (non-hydrogen) atoms. The first-order chi connectivity index (χ1) is 7.83. The normalized spacial score (nSPS) is 21.6. The minimum Gasteiger partial charge on any atom is -0.354 e. The Morgan fingerprint density at radius 3 is 3.25 bits per heavy atom. The molecule has 2 aromatic rings. The molecule has 2 aromatic heterocycles. The molecule has 0 radical (unpaired) electrons. The molecule has 1 aliphatic rings. The quantitative estimate of drug-likeness (QED) is 0.756. The fourth-order valence-electron chi connectivity index (χ4n) is 2.12. The Bertz CT molecular complexity index is 492. The monoisotopic (exact) mass is 217 g/mol. The molecule has 3 rings (SSSR count). The number of anilines is 1. The molecule has 1 aliphatic heterocycles. The van der Waals surface area contributed by atoms with Gasteiger partial charge in [-0.2, -0.15) is 5.10 Å². The Labute approximate surface area is 94.1 Å². The van der Waals surface area contributed by atoms with Crippen LogP contribution in [0.15, 0.2) is 24.5 Å². The summed E-state index contributed by atoms with van der Waals surface area (Å²) < 4.78 is 1.79. The van der Waals surface area contributed by atoms with Crippen LogP contribution >= 0.6 is 0 Å². The van der Waals surface area contributed by atoms with Crippen molar-refractivity contribution < 1.29 is 0 Å². The summed E-state index contributed by atoms with van der Waals surface area (Å²) >= 11 is 0. The summed E-state index contributed by atoms with van der Waals surface area (Å²) in [5.41, 5.74) is 0.906. The zero-order valence-electron chi connectivity index (χ0n) is 9.30. The lowest BCUT2D eigenvalue weighted by Gasteiger charge is -2.32. The molecule has 0 bridgehead atoms. The highest BCUT2D eigenvalue weighted by molar-refractivity contribution is 5.47. The topological polar surface area (TPSA) is 45.5 Å². The lowest BCUT2D eigenvalue weighted by molar-refractivity contribution is 0.482. The van der Waals surface area contributed by atoms with Crippen LogP contribution in [0.1, 0.15) is 6.92 Å². The highest BCUT2D eigenvalue weighted by Gasteiger charge is 2.16. The van der Waals surface area contributed by atoms with E-state index in [2.05, 4.69) is 27.2 Å². The summed E-state index contributed by atoms with van der Waals surface area (Å²) in [5, 5.41) is 7.57. The maximum Gasteiger partial charge on any atom is 0.157 e. The van der Waals surface area contributed by atoms with Crippen LogP contribution in [-0.2, 0) is 0 Å². The molecule has 5 nitrogen and oxygen atoms in total.